The Kier molecular flexibility index (Phi) is 6.22. The monoisotopic (exact) mass is 278 g/mol. The van der Waals surface area contributed by atoms with Gasteiger partial charge in [-0.2, -0.15) is 0 Å². The van der Waals surface area contributed by atoms with Crippen LogP contribution in [0.2, 0.25) is 0 Å². The molecule has 0 saturated carbocycles. The van der Waals surface area contributed by atoms with Gasteiger partial charge in [0.05, 0.1) is 11.1 Å². The summed E-state index contributed by atoms with van der Waals surface area (Å²) in [6.45, 7) is 4.17. The van der Waals surface area contributed by atoms with Crippen LogP contribution in [-0.4, -0.2) is 22.2 Å². The first-order valence-electron chi connectivity index (χ1n) is 7.09. The van der Waals surface area contributed by atoms with Crippen LogP contribution in [0, 0.1) is 5.92 Å². The molecular weight excluding hydrogens is 256 g/mol. The summed E-state index contributed by atoms with van der Waals surface area (Å²) < 4.78 is 0. The maximum Gasteiger partial charge on any atom is 0.335 e. The lowest BCUT2D eigenvalue weighted by Crippen LogP contribution is -2.14. The summed E-state index contributed by atoms with van der Waals surface area (Å²) in [4.78, 5) is 22.6. The second kappa shape index (κ2) is 7.68. The molecule has 0 spiro atoms. The molecule has 0 aliphatic carbocycles. The second-order valence-corrected chi connectivity index (χ2v) is 5.06. The van der Waals surface area contributed by atoms with E-state index in [1.165, 1.54) is 18.2 Å². The fourth-order valence-electron chi connectivity index (χ4n) is 2.44. The molecule has 0 aromatic heterocycles. The van der Waals surface area contributed by atoms with Gasteiger partial charge in [0.25, 0.3) is 0 Å². The Hall–Kier alpha value is -1.84. The van der Waals surface area contributed by atoms with E-state index in [0.717, 1.165) is 25.7 Å². The van der Waals surface area contributed by atoms with Crippen LogP contribution >= 0.6 is 0 Å². The van der Waals surface area contributed by atoms with E-state index >= 15 is 0 Å². The van der Waals surface area contributed by atoms with Gasteiger partial charge in [0.2, 0.25) is 0 Å². The van der Waals surface area contributed by atoms with Gasteiger partial charge in [0.1, 0.15) is 0 Å². The Morgan fingerprint density at radius 2 is 1.65 bits per heavy atom. The Balaban J connectivity index is 3.12. The summed E-state index contributed by atoms with van der Waals surface area (Å²) in [6.07, 6.45) is 4.60. The van der Waals surface area contributed by atoms with Gasteiger partial charge < -0.3 is 10.2 Å². The normalized spacial score (nSPS) is 12.1. The van der Waals surface area contributed by atoms with Crippen molar-refractivity contribution in [3.8, 4) is 0 Å². The van der Waals surface area contributed by atoms with Crippen molar-refractivity contribution in [2.24, 2.45) is 5.92 Å². The molecular formula is C16H22O4. The first-order chi connectivity index (χ1) is 9.51. The van der Waals surface area contributed by atoms with E-state index in [-0.39, 0.29) is 11.1 Å². The summed E-state index contributed by atoms with van der Waals surface area (Å²) in [5, 5.41) is 18.5. The van der Waals surface area contributed by atoms with Crippen LogP contribution in [0.5, 0.6) is 0 Å². The van der Waals surface area contributed by atoms with E-state index in [2.05, 4.69) is 13.8 Å². The third-order valence-corrected chi connectivity index (χ3v) is 3.67. The number of rotatable bonds is 8. The molecule has 1 atom stereocenters. The van der Waals surface area contributed by atoms with Gasteiger partial charge in [-0.1, -0.05) is 45.6 Å². The van der Waals surface area contributed by atoms with Crippen molar-refractivity contribution >= 4 is 11.9 Å². The SMILES string of the molecule is CCCCC(CC)Cc1c(C(=O)O)cccc1C(=O)O. The van der Waals surface area contributed by atoms with Crippen molar-refractivity contribution < 1.29 is 19.8 Å². The zero-order valence-corrected chi connectivity index (χ0v) is 12.1. The van der Waals surface area contributed by atoms with Gasteiger partial charge in [-0.3, -0.25) is 0 Å². The predicted molar refractivity (Wildman–Crippen MR) is 77.4 cm³/mol. The van der Waals surface area contributed by atoms with Crippen LogP contribution in [0.3, 0.4) is 0 Å². The van der Waals surface area contributed by atoms with E-state index in [9.17, 15) is 19.8 Å². The van der Waals surface area contributed by atoms with Crippen molar-refractivity contribution in [3.63, 3.8) is 0 Å². The third kappa shape index (κ3) is 4.08. The molecule has 0 aliphatic heterocycles. The Morgan fingerprint density at radius 1 is 1.10 bits per heavy atom. The fourth-order valence-corrected chi connectivity index (χ4v) is 2.44. The maximum absolute atomic E-state index is 11.3. The van der Waals surface area contributed by atoms with Crippen LogP contribution < -0.4 is 0 Å². The van der Waals surface area contributed by atoms with E-state index in [4.69, 9.17) is 0 Å². The van der Waals surface area contributed by atoms with Crippen molar-refractivity contribution in [3.05, 3.63) is 34.9 Å². The van der Waals surface area contributed by atoms with Gasteiger partial charge in [-0.05, 0) is 30.0 Å². The molecule has 1 aromatic rings. The van der Waals surface area contributed by atoms with Crippen molar-refractivity contribution in [1.82, 2.24) is 0 Å². The number of hydrogen-bond acceptors (Lipinski definition) is 2. The molecule has 110 valence electrons. The van der Waals surface area contributed by atoms with Crippen molar-refractivity contribution in [1.29, 1.82) is 0 Å². The van der Waals surface area contributed by atoms with Crippen LogP contribution in [0.15, 0.2) is 18.2 Å². The molecule has 0 fully saturated rings. The summed E-state index contributed by atoms with van der Waals surface area (Å²) in [7, 11) is 0. The quantitative estimate of drug-likeness (QED) is 0.757. The summed E-state index contributed by atoms with van der Waals surface area (Å²) >= 11 is 0. The Labute approximate surface area is 119 Å². The highest BCUT2D eigenvalue weighted by atomic mass is 16.4. The zero-order chi connectivity index (χ0) is 15.1. The second-order valence-electron chi connectivity index (χ2n) is 5.06. The minimum absolute atomic E-state index is 0.111. The number of carboxylic acids is 2. The summed E-state index contributed by atoms with van der Waals surface area (Å²) in [5.41, 5.74) is 0.676. The lowest BCUT2D eigenvalue weighted by Gasteiger charge is -2.17. The maximum atomic E-state index is 11.3. The third-order valence-electron chi connectivity index (χ3n) is 3.67. The number of aromatic carboxylic acids is 2. The van der Waals surface area contributed by atoms with E-state index in [1.807, 2.05) is 0 Å². The molecule has 0 aliphatic rings. The first kappa shape index (κ1) is 16.2. The number of hydrogen-bond donors (Lipinski definition) is 2. The lowest BCUT2D eigenvalue weighted by atomic mass is 9.87. The van der Waals surface area contributed by atoms with E-state index < -0.39 is 11.9 Å². The standard InChI is InChI=1S/C16H22O4/c1-3-5-7-11(4-2)10-14-12(15(17)18)8-6-9-13(14)16(19)20/h6,8-9,11H,3-5,7,10H2,1-2H3,(H,17,18)(H,19,20). The van der Waals surface area contributed by atoms with Gasteiger partial charge >= 0.3 is 11.9 Å². The summed E-state index contributed by atoms with van der Waals surface area (Å²) in [6, 6.07) is 4.46. The van der Waals surface area contributed by atoms with Crippen LogP contribution in [0.25, 0.3) is 0 Å². The molecule has 2 N–H and O–H groups in total. The molecule has 1 rings (SSSR count). The van der Waals surface area contributed by atoms with Crippen LogP contribution in [-0.2, 0) is 6.42 Å². The van der Waals surface area contributed by atoms with Crippen molar-refractivity contribution in [2.45, 2.75) is 46.0 Å². The van der Waals surface area contributed by atoms with Crippen LogP contribution in [0.4, 0.5) is 0 Å². The number of carboxylic acid groups (broad SMARTS) is 2. The lowest BCUT2D eigenvalue weighted by molar-refractivity contribution is 0.0695. The first-order valence-corrected chi connectivity index (χ1v) is 7.09. The molecule has 0 amide bonds. The van der Waals surface area contributed by atoms with Gasteiger partial charge in [-0.15, -0.1) is 0 Å². The van der Waals surface area contributed by atoms with Crippen molar-refractivity contribution in [2.75, 3.05) is 0 Å². The zero-order valence-electron chi connectivity index (χ0n) is 12.1. The molecule has 20 heavy (non-hydrogen) atoms. The predicted octanol–water partition coefficient (Wildman–Crippen LogP) is 3.84. The fraction of sp³-hybridized carbons (Fsp3) is 0.500. The smallest absolute Gasteiger partial charge is 0.335 e. The van der Waals surface area contributed by atoms with Crippen LogP contribution in [0.1, 0.15) is 65.8 Å². The highest BCUT2D eigenvalue weighted by molar-refractivity contribution is 5.96. The molecule has 0 bridgehead atoms. The van der Waals surface area contributed by atoms with Gasteiger partial charge in [-0.25, -0.2) is 9.59 Å². The molecule has 4 heteroatoms. The molecule has 4 nitrogen and oxygen atoms in total. The number of benzene rings is 1. The number of carbonyl (C=O) groups is 2. The van der Waals surface area contributed by atoms with E-state index in [0.29, 0.717) is 17.9 Å². The minimum atomic E-state index is -1.06. The largest absolute Gasteiger partial charge is 0.478 e. The average Bonchev–Trinajstić information content (AvgIpc) is 2.42. The van der Waals surface area contributed by atoms with Gasteiger partial charge in [0.15, 0.2) is 0 Å². The molecule has 0 saturated heterocycles. The van der Waals surface area contributed by atoms with E-state index in [1.54, 1.807) is 0 Å². The summed E-state index contributed by atoms with van der Waals surface area (Å²) in [5.74, 6) is -1.80. The Bertz CT molecular complexity index is 447. The minimum Gasteiger partial charge on any atom is -0.478 e. The molecule has 0 radical (unpaired) electrons. The highest BCUT2D eigenvalue weighted by Crippen LogP contribution is 2.24. The Morgan fingerprint density at radius 3 is 2.05 bits per heavy atom. The highest BCUT2D eigenvalue weighted by Gasteiger charge is 2.20. The molecule has 1 aromatic carbocycles. The molecule has 1 unspecified atom stereocenters. The number of unbranched alkanes of at least 4 members (excludes halogenated alkanes) is 1. The van der Waals surface area contributed by atoms with Gasteiger partial charge in [0, 0.05) is 0 Å². The topological polar surface area (TPSA) is 74.6 Å². The molecule has 0 heterocycles. The average molecular weight is 278 g/mol.